The maximum Gasteiger partial charge on any atom is 0.229 e. The molecule has 0 atom stereocenters. The monoisotopic (exact) mass is 360 g/mol. The van der Waals surface area contributed by atoms with Gasteiger partial charge in [-0.25, -0.2) is 18.2 Å². The molecule has 0 aliphatic heterocycles. The summed E-state index contributed by atoms with van der Waals surface area (Å²) < 4.78 is 45.4. The molecule has 26 heavy (non-hydrogen) atoms. The molecule has 0 saturated carbocycles. The van der Waals surface area contributed by atoms with E-state index >= 15 is 0 Å². The van der Waals surface area contributed by atoms with Crippen molar-refractivity contribution in [2.24, 2.45) is 0 Å². The number of aryl methyl sites for hydroxylation is 1. The van der Waals surface area contributed by atoms with Crippen LogP contribution in [0.4, 0.5) is 36.3 Å². The molecule has 0 saturated heterocycles. The second kappa shape index (κ2) is 7.30. The van der Waals surface area contributed by atoms with E-state index in [0.29, 0.717) is 17.3 Å². The van der Waals surface area contributed by atoms with Gasteiger partial charge in [-0.15, -0.1) is 0 Å². The van der Waals surface area contributed by atoms with E-state index in [-0.39, 0.29) is 11.6 Å². The van der Waals surface area contributed by atoms with Crippen molar-refractivity contribution in [3.8, 4) is 5.75 Å². The lowest BCUT2D eigenvalue weighted by molar-refractivity contribution is 0.416. The summed E-state index contributed by atoms with van der Waals surface area (Å²) in [4.78, 5) is 8.14. The predicted octanol–water partition coefficient (Wildman–Crippen LogP) is 4.70. The first-order chi connectivity index (χ1) is 12.5. The van der Waals surface area contributed by atoms with Crippen LogP contribution in [0, 0.1) is 24.4 Å². The molecule has 0 bridgehead atoms. The van der Waals surface area contributed by atoms with Crippen LogP contribution in [-0.2, 0) is 0 Å². The van der Waals surface area contributed by atoms with Crippen LogP contribution in [0.15, 0.2) is 42.6 Å². The van der Waals surface area contributed by atoms with Gasteiger partial charge in [0.2, 0.25) is 5.95 Å². The van der Waals surface area contributed by atoms with Gasteiger partial charge >= 0.3 is 0 Å². The highest BCUT2D eigenvalue weighted by molar-refractivity contribution is 5.66. The predicted molar refractivity (Wildman–Crippen MR) is 92.6 cm³/mol. The molecule has 1 aromatic heterocycles. The van der Waals surface area contributed by atoms with Gasteiger partial charge < -0.3 is 15.4 Å². The first kappa shape index (κ1) is 17.5. The quantitative estimate of drug-likeness (QED) is 0.646. The Morgan fingerprint density at radius 3 is 2.50 bits per heavy atom. The molecule has 0 fully saturated rings. The zero-order chi connectivity index (χ0) is 18.7. The Morgan fingerprint density at radius 1 is 0.923 bits per heavy atom. The Kier molecular flexibility index (Phi) is 4.92. The van der Waals surface area contributed by atoms with E-state index in [9.17, 15) is 13.2 Å². The highest BCUT2D eigenvalue weighted by Gasteiger charge is 2.14. The molecule has 0 spiro atoms. The maximum absolute atomic E-state index is 13.8. The van der Waals surface area contributed by atoms with Gasteiger partial charge in [0.1, 0.15) is 11.6 Å². The van der Waals surface area contributed by atoms with Crippen molar-refractivity contribution >= 4 is 23.1 Å². The fourth-order valence-electron chi connectivity index (χ4n) is 2.29. The minimum Gasteiger partial charge on any atom is -0.495 e. The lowest BCUT2D eigenvalue weighted by atomic mass is 10.2. The number of nitrogens with zero attached hydrogens (tertiary/aromatic N) is 2. The molecule has 2 N–H and O–H groups in total. The van der Waals surface area contributed by atoms with Crippen molar-refractivity contribution in [2.45, 2.75) is 6.92 Å². The molecule has 134 valence electrons. The Hall–Kier alpha value is -3.29. The smallest absolute Gasteiger partial charge is 0.229 e. The SMILES string of the molecule is COc1ccc(C)cc1Nc1ccnc(Nc2ccc(F)c(F)c2F)n1. The van der Waals surface area contributed by atoms with E-state index in [2.05, 4.69) is 20.6 Å². The third kappa shape index (κ3) is 3.69. The average Bonchev–Trinajstić information content (AvgIpc) is 2.63. The van der Waals surface area contributed by atoms with Crippen LogP contribution in [0.2, 0.25) is 0 Å². The number of methoxy groups -OCH3 is 1. The molecule has 1 heterocycles. The van der Waals surface area contributed by atoms with Crippen LogP contribution in [0.25, 0.3) is 0 Å². The summed E-state index contributed by atoms with van der Waals surface area (Å²) in [5.74, 6) is -3.12. The minimum atomic E-state index is -1.56. The fraction of sp³-hybridized carbons (Fsp3) is 0.111. The number of anilines is 4. The summed E-state index contributed by atoms with van der Waals surface area (Å²) in [5.41, 5.74) is 1.44. The van der Waals surface area contributed by atoms with Crippen molar-refractivity contribution in [1.29, 1.82) is 0 Å². The first-order valence-electron chi connectivity index (χ1n) is 7.63. The fourth-order valence-corrected chi connectivity index (χ4v) is 2.29. The molecular formula is C18H15F3N4O. The Morgan fingerprint density at radius 2 is 1.73 bits per heavy atom. The summed E-state index contributed by atoms with van der Waals surface area (Å²) in [6.07, 6.45) is 1.44. The molecule has 3 aromatic rings. The van der Waals surface area contributed by atoms with Gasteiger partial charge in [0.25, 0.3) is 0 Å². The van der Waals surface area contributed by atoms with Gasteiger partial charge in [-0.05, 0) is 42.8 Å². The third-order valence-corrected chi connectivity index (χ3v) is 3.55. The Bertz CT molecular complexity index is 950. The van der Waals surface area contributed by atoms with E-state index in [1.54, 1.807) is 13.2 Å². The van der Waals surface area contributed by atoms with E-state index in [4.69, 9.17) is 4.74 Å². The molecule has 0 aliphatic carbocycles. The van der Waals surface area contributed by atoms with Gasteiger partial charge in [0, 0.05) is 6.20 Å². The summed E-state index contributed by atoms with van der Waals surface area (Å²) in [5, 5.41) is 5.61. The zero-order valence-corrected chi connectivity index (χ0v) is 14.0. The van der Waals surface area contributed by atoms with E-state index in [1.165, 1.54) is 6.20 Å². The van der Waals surface area contributed by atoms with Crippen LogP contribution in [0.3, 0.4) is 0 Å². The Labute approximate surface area is 147 Å². The van der Waals surface area contributed by atoms with Crippen LogP contribution in [0.5, 0.6) is 5.75 Å². The van der Waals surface area contributed by atoms with Gasteiger partial charge in [-0.1, -0.05) is 6.07 Å². The standard InChI is InChI=1S/C18H15F3N4O/c1-10-3-6-14(26-2)13(9-10)23-15-7-8-22-18(25-15)24-12-5-4-11(19)16(20)17(12)21/h3-9H,1-2H3,(H2,22,23,24,25). The van der Waals surface area contributed by atoms with Crippen molar-refractivity contribution in [1.82, 2.24) is 9.97 Å². The summed E-state index contributed by atoms with van der Waals surface area (Å²) in [6, 6.07) is 9.09. The molecule has 0 amide bonds. The third-order valence-electron chi connectivity index (χ3n) is 3.55. The second-order valence-corrected chi connectivity index (χ2v) is 5.44. The highest BCUT2D eigenvalue weighted by Crippen LogP contribution is 2.28. The van der Waals surface area contributed by atoms with Crippen molar-refractivity contribution < 1.29 is 17.9 Å². The van der Waals surface area contributed by atoms with Gasteiger partial charge in [-0.3, -0.25) is 0 Å². The normalized spacial score (nSPS) is 10.5. The number of halogens is 3. The van der Waals surface area contributed by atoms with Crippen molar-refractivity contribution in [2.75, 3.05) is 17.7 Å². The number of hydrogen-bond donors (Lipinski definition) is 2. The zero-order valence-electron chi connectivity index (χ0n) is 14.0. The minimum absolute atomic E-state index is 0.0199. The number of nitrogens with one attached hydrogen (secondary N) is 2. The first-order valence-corrected chi connectivity index (χ1v) is 7.63. The van der Waals surface area contributed by atoms with Crippen LogP contribution < -0.4 is 15.4 Å². The Balaban J connectivity index is 1.85. The largest absolute Gasteiger partial charge is 0.495 e. The van der Waals surface area contributed by atoms with Crippen LogP contribution in [0.1, 0.15) is 5.56 Å². The summed E-state index contributed by atoms with van der Waals surface area (Å²) in [6.45, 7) is 1.93. The summed E-state index contributed by atoms with van der Waals surface area (Å²) >= 11 is 0. The molecular weight excluding hydrogens is 345 g/mol. The van der Waals surface area contributed by atoms with Gasteiger partial charge in [-0.2, -0.15) is 4.98 Å². The maximum atomic E-state index is 13.8. The number of rotatable bonds is 5. The second-order valence-electron chi connectivity index (χ2n) is 5.44. The lowest BCUT2D eigenvalue weighted by Crippen LogP contribution is -2.04. The molecule has 8 heteroatoms. The van der Waals surface area contributed by atoms with Crippen molar-refractivity contribution in [3.05, 3.63) is 65.6 Å². The topological polar surface area (TPSA) is 59.1 Å². The molecule has 5 nitrogen and oxygen atoms in total. The molecule has 0 aliphatic rings. The highest BCUT2D eigenvalue weighted by atomic mass is 19.2. The van der Waals surface area contributed by atoms with Crippen LogP contribution in [-0.4, -0.2) is 17.1 Å². The number of benzene rings is 2. The molecule has 2 aromatic carbocycles. The van der Waals surface area contributed by atoms with Gasteiger partial charge in [0.15, 0.2) is 17.5 Å². The lowest BCUT2D eigenvalue weighted by Gasteiger charge is -2.12. The van der Waals surface area contributed by atoms with Crippen molar-refractivity contribution in [3.63, 3.8) is 0 Å². The number of aromatic nitrogens is 2. The molecule has 0 unspecified atom stereocenters. The van der Waals surface area contributed by atoms with Crippen LogP contribution >= 0.6 is 0 Å². The number of hydrogen-bond acceptors (Lipinski definition) is 5. The number of ether oxygens (including phenoxy) is 1. The molecule has 3 rings (SSSR count). The van der Waals surface area contributed by atoms with E-state index in [1.807, 2.05) is 25.1 Å². The van der Waals surface area contributed by atoms with E-state index < -0.39 is 17.5 Å². The van der Waals surface area contributed by atoms with E-state index in [0.717, 1.165) is 17.7 Å². The average molecular weight is 360 g/mol. The summed E-state index contributed by atoms with van der Waals surface area (Å²) in [7, 11) is 1.55. The molecule has 0 radical (unpaired) electrons. The van der Waals surface area contributed by atoms with Gasteiger partial charge in [0.05, 0.1) is 18.5 Å².